The van der Waals surface area contributed by atoms with Gasteiger partial charge in [0.15, 0.2) is 0 Å². The van der Waals surface area contributed by atoms with Crippen molar-refractivity contribution in [3.8, 4) is 0 Å². The third-order valence-electron chi connectivity index (χ3n) is 6.44. The van der Waals surface area contributed by atoms with Crippen molar-refractivity contribution in [2.24, 2.45) is 0 Å². The number of carbonyl (C=O) groups excluding carboxylic acids is 2. The van der Waals surface area contributed by atoms with Gasteiger partial charge >= 0.3 is 0 Å². The average Bonchev–Trinajstić information content (AvgIpc) is 2.83. The van der Waals surface area contributed by atoms with Crippen LogP contribution in [0.3, 0.4) is 0 Å². The van der Waals surface area contributed by atoms with Crippen molar-refractivity contribution in [2.45, 2.75) is 78.9 Å². The molecule has 0 unspecified atom stereocenters. The summed E-state index contributed by atoms with van der Waals surface area (Å²) in [4.78, 5) is 28.2. The molecule has 0 radical (unpaired) electrons. The fraction of sp³-hybridized carbons (Fsp3) is 0.500. The Morgan fingerprint density at radius 1 is 1.03 bits per heavy atom. The summed E-state index contributed by atoms with van der Waals surface area (Å²) >= 11 is 6.03. The molecule has 37 heavy (non-hydrogen) atoms. The van der Waals surface area contributed by atoms with E-state index in [0.717, 1.165) is 23.1 Å². The standard InChI is InChI=1S/C28H40ClN3O4S/c1-7-22(5)30-28(34)25(8-2)31(19-23-13-15-24(29)16-14-23)27(33)10-9-17-32(37(6,35)36)26-18-20(3)11-12-21(26)4/h11-16,18,22,25H,7-10,17,19H2,1-6H3,(H,30,34)/t22-,25-/m0/s1. The number of anilines is 1. The van der Waals surface area contributed by atoms with Crippen LogP contribution in [0.2, 0.25) is 5.02 Å². The number of aryl methyl sites for hydroxylation is 2. The van der Waals surface area contributed by atoms with Crippen LogP contribution in [0.5, 0.6) is 0 Å². The van der Waals surface area contributed by atoms with E-state index in [4.69, 9.17) is 11.6 Å². The monoisotopic (exact) mass is 549 g/mol. The molecule has 1 N–H and O–H groups in total. The smallest absolute Gasteiger partial charge is 0.243 e. The lowest BCUT2D eigenvalue weighted by Crippen LogP contribution is -2.50. The van der Waals surface area contributed by atoms with Gasteiger partial charge in [0.2, 0.25) is 21.8 Å². The highest BCUT2D eigenvalue weighted by molar-refractivity contribution is 7.92. The van der Waals surface area contributed by atoms with Gasteiger partial charge in [0, 0.05) is 30.6 Å². The van der Waals surface area contributed by atoms with Gasteiger partial charge in [-0.05, 0) is 74.9 Å². The number of nitrogens with one attached hydrogen (secondary N) is 1. The summed E-state index contributed by atoms with van der Waals surface area (Å²) in [6.07, 6.45) is 2.85. The largest absolute Gasteiger partial charge is 0.352 e. The van der Waals surface area contributed by atoms with Crippen molar-refractivity contribution in [2.75, 3.05) is 17.1 Å². The van der Waals surface area contributed by atoms with Crippen LogP contribution in [0, 0.1) is 13.8 Å². The lowest BCUT2D eigenvalue weighted by atomic mass is 10.1. The summed E-state index contributed by atoms with van der Waals surface area (Å²) in [5, 5.41) is 3.59. The second-order valence-electron chi connectivity index (χ2n) is 9.62. The molecule has 9 heteroatoms. The number of sulfonamides is 1. The molecule has 0 saturated carbocycles. The molecule has 0 aromatic heterocycles. The van der Waals surface area contributed by atoms with Gasteiger partial charge in [-0.25, -0.2) is 8.42 Å². The molecule has 0 aliphatic rings. The lowest BCUT2D eigenvalue weighted by molar-refractivity contribution is -0.141. The van der Waals surface area contributed by atoms with Crippen LogP contribution < -0.4 is 9.62 Å². The van der Waals surface area contributed by atoms with E-state index in [0.29, 0.717) is 23.6 Å². The van der Waals surface area contributed by atoms with E-state index in [1.54, 1.807) is 17.0 Å². The van der Waals surface area contributed by atoms with E-state index in [1.165, 1.54) is 10.6 Å². The fourth-order valence-corrected chi connectivity index (χ4v) is 5.26. The summed E-state index contributed by atoms with van der Waals surface area (Å²) < 4.78 is 26.6. The molecule has 0 heterocycles. The summed E-state index contributed by atoms with van der Waals surface area (Å²) in [5.41, 5.74) is 3.28. The van der Waals surface area contributed by atoms with E-state index >= 15 is 0 Å². The van der Waals surface area contributed by atoms with Crippen LogP contribution in [-0.4, -0.2) is 50.0 Å². The van der Waals surface area contributed by atoms with E-state index < -0.39 is 16.1 Å². The van der Waals surface area contributed by atoms with Gasteiger partial charge in [0.25, 0.3) is 0 Å². The minimum Gasteiger partial charge on any atom is -0.352 e. The van der Waals surface area contributed by atoms with E-state index in [-0.39, 0.29) is 37.4 Å². The molecule has 2 rings (SSSR count). The zero-order chi connectivity index (χ0) is 27.8. The first-order valence-electron chi connectivity index (χ1n) is 12.8. The third-order valence-corrected chi connectivity index (χ3v) is 7.87. The first-order valence-corrected chi connectivity index (χ1v) is 15.0. The molecule has 0 saturated heterocycles. The second-order valence-corrected chi connectivity index (χ2v) is 12.0. The van der Waals surface area contributed by atoms with Gasteiger partial charge in [0.05, 0.1) is 11.9 Å². The van der Waals surface area contributed by atoms with Crippen LogP contribution in [-0.2, 0) is 26.2 Å². The molecular weight excluding hydrogens is 510 g/mol. The van der Waals surface area contributed by atoms with Crippen LogP contribution >= 0.6 is 11.6 Å². The lowest BCUT2D eigenvalue weighted by Gasteiger charge is -2.32. The second kappa shape index (κ2) is 13.8. The highest BCUT2D eigenvalue weighted by atomic mass is 35.5. The van der Waals surface area contributed by atoms with Crippen molar-refractivity contribution >= 4 is 39.1 Å². The maximum Gasteiger partial charge on any atom is 0.243 e. The Hall–Kier alpha value is -2.58. The SMILES string of the molecule is CC[C@H](C)NC(=O)[C@H](CC)N(Cc1ccc(Cl)cc1)C(=O)CCCN(c1cc(C)ccc1C)S(C)(=O)=O. The van der Waals surface area contributed by atoms with Gasteiger partial charge in [0.1, 0.15) is 6.04 Å². The molecule has 0 bridgehead atoms. The average molecular weight is 550 g/mol. The van der Waals surface area contributed by atoms with Crippen molar-refractivity contribution < 1.29 is 18.0 Å². The van der Waals surface area contributed by atoms with Crippen molar-refractivity contribution in [3.05, 3.63) is 64.2 Å². The molecule has 2 aromatic carbocycles. The normalized spacial score (nSPS) is 13.1. The molecule has 0 aliphatic heterocycles. The number of benzene rings is 2. The van der Waals surface area contributed by atoms with Crippen LogP contribution in [0.15, 0.2) is 42.5 Å². The number of carbonyl (C=O) groups is 2. The minimum absolute atomic E-state index is 0.00470. The number of amides is 2. The summed E-state index contributed by atoms with van der Waals surface area (Å²) in [6.45, 7) is 10.0. The topological polar surface area (TPSA) is 86.8 Å². The molecule has 0 spiro atoms. The molecule has 0 aliphatic carbocycles. The highest BCUT2D eigenvalue weighted by Crippen LogP contribution is 2.25. The van der Waals surface area contributed by atoms with Gasteiger partial charge in [-0.3, -0.25) is 13.9 Å². The van der Waals surface area contributed by atoms with Crippen molar-refractivity contribution in [3.63, 3.8) is 0 Å². The first kappa shape index (κ1) is 30.6. The maximum absolute atomic E-state index is 13.5. The Morgan fingerprint density at radius 2 is 1.68 bits per heavy atom. The van der Waals surface area contributed by atoms with Gasteiger partial charge in [-0.2, -0.15) is 0 Å². The first-order chi connectivity index (χ1) is 17.4. The third kappa shape index (κ3) is 9.04. The molecule has 2 atom stereocenters. The summed E-state index contributed by atoms with van der Waals surface area (Å²) in [7, 11) is -3.55. The molecular formula is C28H40ClN3O4S. The van der Waals surface area contributed by atoms with E-state index in [2.05, 4.69) is 5.32 Å². The zero-order valence-corrected chi connectivity index (χ0v) is 24.3. The number of hydrogen-bond acceptors (Lipinski definition) is 4. The number of rotatable bonds is 13. The predicted octanol–water partition coefficient (Wildman–Crippen LogP) is 5.23. The Labute approximate surface area is 227 Å². The number of halogens is 1. The predicted molar refractivity (Wildman–Crippen MR) is 151 cm³/mol. The summed E-state index contributed by atoms with van der Waals surface area (Å²) in [6, 6.07) is 12.2. The number of nitrogens with zero attached hydrogens (tertiary/aromatic N) is 2. The molecule has 7 nitrogen and oxygen atoms in total. The molecule has 2 aromatic rings. The molecule has 204 valence electrons. The summed E-state index contributed by atoms with van der Waals surface area (Å²) in [5.74, 6) is -0.386. The molecule has 0 fully saturated rings. The van der Waals surface area contributed by atoms with Crippen LogP contribution in [0.1, 0.15) is 63.1 Å². The van der Waals surface area contributed by atoms with Gasteiger partial charge in [-0.1, -0.05) is 49.7 Å². The van der Waals surface area contributed by atoms with Crippen molar-refractivity contribution in [1.29, 1.82) is 0 Å². The zero-order valence-electron chi connectivity index (χ0n) is 22.8. The van der Waals surface area contributed by atoms with E-state index in [1.807, 2.05) is 65.0 Å². The quantitative estimate of drug-likeness (QED) is 0.371. The Bertz CT molecular complexity index is 1170. The minimum atomic E-state index is -3.55. The van der Waals surface area contributed by atoms with E-state index in [9.17, 15) is 18.0 Å². The fourth-order valence-electron chi connectivity index (χ4n) is 4.12. The number of hydrogen-bond donors (Lipinski definition) is 1. The highest BCUT2D eigenvalue weighted by Gasteiger charge is 2.29. The Kier molecular flexibility index (Phi) is 11.4. The van der Waals surface area contributed by atoms with Crippen molar-refractivity contribution in [1.82, 2.24) is 10.2 Å². The molecule has 2 amide bonds. The Balaban J connectivity index is 2.25. The van der Waals surface area contributed by atoms with Crippen LogP contribution in [0.4, 0.5) is 5.69 Å². The van der Waals surface area contributed by atoms with Gasteiger partial charge in [-0.15, -0.1) is 0 Å². The van der Waals surface area contributed by atoms with Gasteiger partial charge < -0.3 is 10.2 Å². The van der Waals surface area contributed by atoms with Crippen LogP contribution in [0.25, 0.3) is 0 Å². The Morgan fingerprint density at radius 3 is 2.24 bits per heavy atom. The maximum atomic E-state index is 13.5.